The Labute approximate surface area is 214 Å². The minimum absolute atomic E-state index is 0. The van der Waals surface area contributed by atoms with Crippen LogP contribution in [0.2, 0.25) is 0 Å². The van der Waals surface area contributed by atoms with Crippen LogP contribution in [0.4, 0.5) is 28.7 Å². The van der Waals surface area contributed by atoms with Crippen LogP contribution in [-0.4, -0.2) is 40.9 Å². The van der Waals surface area contributed by atoms with Gasteiger partial charge in [-0.25, -0.2) is 0 Å². The standard InChI is InChI=1S/C19H13BN7O4S.Y/c20-18-22-9-23-19(25-18)24-11-2-4-12(5-3-11)26-27-17-14(21)6-1-10-7-13(32(29,30)31)8-15(28)16(10)17;/h1-8,28H,21H2,(H,29,30,31)(H,22,23,24,25);/q-1;. The zero-order valence-electron chi connectivity index (χ0n) is 16.7. The van der Waals surface area contributed by atoms with Crippen molar-refractivity contribution in [3.05, 3.63) is 54.9 Å². The molecule has 0 spiro atoms. The number of aromatic hydroxyl groups is 1. The van der Waals surface area contributed by atoms with Crippen LogP contribution in [0, 0.1) is 6.33 Å². The molecule has 1 heterocycles. The number of hydrogen-bond donors (Lipinski definition) is 4. The van der Waals surface area contributed by atoms with Crippen molar-refractivity contribution in [3.63, 3.8) is 0 Å². The third kappa shape index (κ3) is 5.69. The third-order valence-corrected chi connectivity index (χ3v) is 5.13. The smallest absolute Gasteiger partial charge is 0.294 e. The first kappa shape index (κ1) is 24.6. The Bertz CT molecular complexity index is 1470. The van der Waals surface area contributed by atoms with Gasteiger partial charge in [-0.1, -0.05) is 6.07 Å². The molecule has 0 bridgehead atoms. The van der Waals surface area contributed by atoms with Gasteiger partial charge in [0.15, 0.2) is 0 Å². The van der Waals surface area contributed by atoms with Gasteiger partial charge >= 0.3 is 0 Å². The van der Waals surface area contributed by atoms with Crippen LogP contribution in [0.25, 0.3) is 10.8 Å². The summed E-state index contributed by atoms with van der Waals surface area (Å²) in [5.74, 6) is -0.181. The molecule has 3 aromatic carbocycles. The molecule has 0 aliphatic rings. The molecule has 5 N–H and O–H groups in total. The number of nitrogens with zero attached hydrogens (tertiary/aromatic N) is 5. The summed E-state index contributed by atoms with van der Waals surface area (Å²) in [7, 11) is 0.995. The second-order valence-corrected chi connectivity index (χ2v) is 7.93. The Balaban J connectivity index is 0.00000306. The number of nitrogens with one attached hydrogen (secondary N) is 1. The summed E-state index contributed by atoms with van der Waals surface area (Å²) in [6, 6.07) is 11.9. The van der Waals surface area contributed by atoms with Gasteiger partial charge in [-0.15, -0.1) is 5.11 Å². The van der Waals surface area contributed by atoms with Gasteiger partial charge in [-0.05, 0) is 47.5 Å². The van der Waals surface area contributed by atoms with Crippen molar-refractivity contribution in [2.24, 2.45) is 10.2 Å². The van der Waals surface area contributed by atoms with E-state index in [1.54, 1.807) is 24.3 Å². The van der Waals surface area contributed by atoms with E-state index >= 15 is 0 Å². The predicted octanol–water partition coefficient (Wildman–Crippen LogP) is 2.31. The predicted molar refractivity (Wildman–Crippen MR) is 118 cm³/mol. The van der Waals surface area contributed by atoms with Crippen LogP contribution >= 0.6 is 0 Å². The van der Waals surface area contributed by atoms with Crippen molar-refractivity contribution in [2.75, 3.05) is 11.1 Å². The van der Waals surface area contributed by atoms with Gasteiger partial charge < -0.3 is 31.1 Å². The molecule has 0 aliphatic heterocycles. The van der Waals surface area contributed by atoms with Crippen molar-refractivity contribution < 1.29 is 50.8 Å². The minimum Gasteiger partial charge on any atom is -0.507 e. The van der Waals surface area contributed by atoms with E-state index in [2.05, 4.69) is 36.8 Å². The maximum absolute atomic E-state index is 11.4. The number of nitrogen functional groups attached to an aromatic ring is 1. The third-order valence-electron chi connectivity index (χ3n) is 4.30. The Morgan fingerprint density at radius 2 is 1.79 bits per heavy atom. The maximum atomic E-state index is 11.4. The second kappa shape index (κ2) is 9.87. The van der Waals surface area contributed by atoms with Crippen molar-refractivity contribution in [1.29, 1.82) is 0 Å². The summed E-state index contributed by atoms with van der Waals surface area (Å²) < 4.78 is 32.1. The van der Waals surface area contributed by atoms with Crippen molar-refractivity contribution in [3.8, 4) is 5.75 Å². The largest absolute Gasteiger partial charge is 0.507 e. The van der Waals surface area contributed by atoms with Gasteiger partial charge in [-0.3, -0.25) is 4.55 Å². The molecule has 0 atom stereocenters. The summed E-state index contributed by atoms with van der Waals surface area (Å²) >= 11 is 0. The molecule has 0 amide bonds. The quantitative estimate of drug-likeness (QED) is 0.0983. The number of aromatic nitrogens is 3. The fraction of sp³-hybridized carbons (Fsp3) is 0. The molecular formula is C19H13BN7O4SY-. The van der Waals surface area contributed by atoms with Gasteiger partial charge in [0.2, 0.25) is 0 Å². The van der Waals surface area contributed by atoms with E-state index in [4.69, 9.17) is 13.6 Å². The minimum atomic E-state index is -4.50. The number of fused-ring (bicyclic) bond motifs is 1. The summed E-state index contributed by atoms with van der Waals surface area (Å²) in [6.07, 6.45) is 2.37. The van der Waals surface area contributed by atoms with Gasteiger partial charge in [0.25, 0.3) is 10.1 Å². The average Bonchev–Trinajstić information content (AvgIpc) is 2.73. The summed E-state index contributed by atoms with van der Waals surface area (Å²) in [5.41, 5.74) is 7.53. The molecule has 3 radical (unpaired) electrons. The summed E-state index contributed by atoms with van der Waals surface area (Å²) in [5, 5.41) is 22.1. The van der Waals surface area contributed by atoms with Crippen LogP contribution in [0.3, 0.4) is 0 Å². The van der Waals surface area contributed by atoms with Gasteiger partial charge in [0, 0.05) is 50.8 Å². The molecule has 0 unspecified atom stereocenters. The monoisotopic (exact) mass is 535 g/mol. The first-order chi connectivity index (χ1) is 15.2. The number of anilines is 3. The van der Waals surface area contributed by atoms with E-state index in [1.165, 1.54) is 18.2 Å². The molecule has 4 aromatic rings. The number of nitrogens with two attached hydrogens (primary N) is 1. The van der Waals surface area contributed by atoms with E-state index in [0.29, 0.717) is 16.8 Å². The molecule has 0 saturated heterocycles. The van der Waals surface area contributed by atoms with Crippen molar-refractivity contribution in [2.45, 2.75) is 4.90 Å². The van der Waals surface area contributed by atoms with Gasteiger partial charge in [-0.2, -0.15) is 13.5 Å². The van der Waals surface area contributed by atoms with E-state index in [0.717, 1.165) is 6.07 Å². The zero-order chi connectivity index (χ0) is 22.9. The number of rotatable bonds is 5. The fourth-order valence-electron chi connectivity index (χ4n) is 2.86. The number of azo groups is 1. The first-order valence-corrected chi connectivity index (χ1v) is 10.3. The van der Waals surface area contributed by atoms with Crippen molar-refractivity contribution >= 4 is 63.2 Å². The zero-order valence-corrected chi connectivity index (χ0v) is 20.4. The molecule has 161 valence electrons. The van der Waals surface area contributed by atoms with Crippen LogP contribution in [0.1, 0.15) is 0 Å². The SMILES string of the molecule is [B]c1n[c-]nc(Nc2ccc(N=Nc3c(N)ccc4cc(S(=O)(=O)O)cc(O)c34)cc2)n1.[Y]. The summed E-state index contributed by atoms with van der Waals surface area (Å²) in [6.45, 7) is 0. The molecule has 0 saturated carbocycles. The molecule has 14 heteroatoms. The molecule has 33 heavy (non-hydrogen) atoms. The topological polar surface area (TPSA) is 176 Å². The van der Waals surface area contributed by atoms with Gasteiger partial charge in [0.1, 0.15) is 17.4 Å². The second-order valence-electron chi connectivity index (χ2n) is 6.51. The van der Waals surface area contributed by atoms with Crippen LogP contribution in [0.15, 0.2) is 63.7 Å². The first-order valence-electron chi connectivity index (χ1n) is 8.90. The Hall–Kier alpha value is -2.99. The van der Waals surface area contributed by atoms with Crippen LogP contribution in [0.5, 0.6) is 5.75 Å². The average molecular weight is 535 g/mol. The number of phenols is 1. The molecule has 1 aromatic heterocycles. The molecule has 4 rings (SSSR count). The Morgan fingerprint density at radius 1 is 1.06 bits per heavy atom. The number of benzene rings is 3. The van der Waals surface area contributed by atoms with Gasteiger partial charge in [0.05, 0.1) is 29.5 Å². The Morgan fingerprint density at radius 3 is 2.45 bits per heavy atom. The maximum Gasteiger partial charge on any atom is 0.294 e. The normalized spacial score (nSPS) is 11.4. The number of hydrogen-bond acceptors (Lipinski definition) is 10. The van der Waals surface area contributed by atoms with E-state index in [-0.39, 0.29) is 61.1 Å². The molecule has 11 nitrogen and oxygen atoms in total. The summed E-state index contributed by atoms with van der Waals surface area (Å²) in [4.78, 5) is 10.9. The Kier molecular flexibility index (Phi) is 7.37. The fourth-order valence-corrected chi connectivity index (χ4v) is 3.39. The van der Waals surface area contributed by atoms with E-state index in [9.17, 15) is 18.1 Å². The van der Waals surface area contributed by atoms with Crippen molar-refractivity contribution in [1.82, 2.24) is 15.0 Å². The molecule has 0 aliphatic carbocycles. The molecule has 0 fully saturated rings. The van der Waals surface area contributed by atoms with E-state index in [1.807, 2.05) is 0 Å². The van der Waals surface area contributed by atoms with E-state index < -0.39 is 20.8 Å². The molecular weight excluding hydrogens is 522 g/mol. The number of phenolic OH excluding ortho intramolecular Hbond substituents is 1. The van der Waals surface area contributed by atoms with Crippen LogP contribution < -0.4 is 16.8 Å². The van der Waals surface area contributed by atoms with Crippen LogP contribution in [-0.2, 0) is 42.8 Å².